The molecule has 6 aromatic rings. The van der Waals surface area contributed by atoms with Gasteiger partial charge >= 0.3 is 5.97 Å². The molecule has 0 unspecified atom stereocenters. The summed E-state index contributed by atoms with van der Waals surface area (Å²) in [5.41, 5.74) is 2.51. The normalized spacial score (nSPS) is 13.1. The van der Waals surface area contributed by atoms with Crippen molar-refractivity contribution >= 4 is 39.6 Å². The Bertz CT molecular complexity index is 2080. The average molecular weight is 736 g/mol. The Labute approximate surface area is 315 Å². The summed E-state index contributed by atoms with van der Waals surface area (Å²) < 4.78 is 36.7. The van der Waals surface area contributed by atoms with Crippen molar-refractivity contribution in [2.75, 3.05) is 7.11 Å². The first-order chi connectivity index (χ1) is 25.8. The van der Waals surface area contributed by atoms with Crippen LogP contribution in [0.1, 0.15) is 23.1 Å². The van der Waals surface area contributed by atoms with E-state index >= 15 is 0 Å². The minimum atomic E-state index is -4.00. The summed E-state index contributed by atoms with van der Waals surface area (Å²) in [5.74, 6) is -0.327. The van der Waals surface area contributed by atoms with Crippen LogP contribution in [0, 0.1) is 6.92 Å². The molecule has 0 fully saturated rings. The number of rotatable bonds is 15. The van der Waals surface area contributed by atoms with Crippen molar-refractivity contribution in [3.63, 3.8) is 0 Å². The van der Waals surface area contributed by atoms with Gasteiger partial charge in [-0.3, -0.25) is 4.79 Å². The molecule has 0 aromatic heterocycles. The van der Waals surface area contributed by atoms with Crippen molar-refractivity contribution in [1.29, 1.82) is 0 Å². The second kappa shape index (κ2) is 17.4. The first-order valence-corrected chi connectivity index (χ1v) is 21.4. The summed E-state index contributed by atoms with van der Waals surface area (Å²) in [5, 5.41) is 3.43. The summed E-state index contributed by atoms with van der Waals surface area (Å²) in [6, 6.07) is 57.4. The fourth-order valence-corrected chi connectivity index (χ4v) is 14.1. The summed E-state index contributed by atoms with van der Waals surface area (Å²) in [6.45, 7) is 2.11. The maximum atomic E-state index is 14.8. The average Bonchev–Trinajstić information content (AvgIpc) is 3.21. The van der Waals surface area contributed by atoms with Gasteiger partial charge in [-0.25, -0.2) is 8.42 Å². The molecule has 0 spiro atoms. The first kappa shape index (κ1) is 37.4. The van der Waals surface area contributed by atoms with Crippen molar-refractivity contribution in [1.82, 2.24) is 4.31 Å². The highest BCUT2D eigenvalue weighted by atomic mass is 32.2. The number of sulfonamides is 1. The smallest absolute Gasteiger partial charge is 0.305 e. The molecule has 6 rings (SSSR count). The Morgan fingerprint density at radius 1 is 0.623 bits per heavy atom. The number of carbonyl (C=O) groups excluding carboxylic acids is 1. The van der Waals surface area contributed by atoms with E-state index in [1.807, 2.05) is 104 Å². The largest absolute Gasteiger partial charge is 0.469 e. The zero-order chi connectivity index (χ0) is 37.1. The van der Waals surface area contributed by atoms with E-state index in [1.165, 1.54) is 7.11 Å². The molecule has 6 aromatic carbocycles. The molecule has 53 heavy (non-hydrogen) atoms. The van der Waals surface area contributed by atoms with Crippen molar-refractivity contribution in [3.8, 4) is 0 Å². The number of hydrogen-bond donors (Lipinski definition) is 0. The van der Waals surface area contributed by atoms with Gasteiger partial charge in [-0.15, -0.1) is 0 Å². The van der Waals surface area contributed by atoms with Gasteiger partial charge in [0.1, 0.15) is 0 Å². The van der Waals surface area contributed by atoms with Crippen LogP contribution in [0.2, 0.25) is 5.54 Å². The van der Waals surface area contributed by atoms with Crippen LogP contribution in [0.15, 0.2) is 193 Å². The van der Waals surface area contributed by atoms with E-state index in [-0.39, 0.29) is 29.4 Å². The van der Waals surface area contributed by atoms with Crippen molar-refractivity contribution in [2.24, 2.45) is 0 Å². The number of ether oxygens (including phenoxy) is 1. The Morgan fingerprint density at radius 3 is 1.51 bits per heavy atom. The molecule has 268 valence electrons. The van der Waals surface area contributed by atoms with Crippen LogP contribution in [0.25, 0.3) is 0 Å². The minimum absolute atomic E-state index is 0.110. The predicted molar refractivity (Wildman–Crippen MR) is 218 cm³/mol. The van der Waals surface area contributed by atoms with E-state index in [0.717, 1.165) is 32.3 Å². The molecule has 0 aliphatic heterocycles. The summed E-state index contributed by atoms with van der Waals surface area (Å²) >= 11 is 0. The van der Waals surface area contributed by atoms with E-state index in [9.17, 15) is 13.2 Å². The molecule has 7 heteroatoms. The number of carbonyl (C=O) groups is 1. The van der Waals surface area contributed by atoms with Crippen LogP contribution >= 0.6 is 0 Å². The van der Waals surface area contributed by atoms with E-state index in [0.29, 0.717) is 6.42 Å². The zero-order valence-electron chi connectivity index (χ0n) is 30.2. The Hall–Kier alpha value is -5.34. The van der Waals surface area contributed by atoms with Gasteiger partial charge in [0.2, 0.25) is 10.0 Å². The first-order valence-electron chi connectivity index (χ1n) is 17.9. The van der Waals surface area contributed by atoms with E-state index in [4.69, 9.17) is 4.74 Å². The van der Waals surface area contributed by atoms with Crippen LogP contribution in [-0.2, 0) is 32.5 Å². The van der Waals surface area contributed by atoms with Crippen LogP contribution in [0.5, 0.6) is 0 Å². The van der Waals surface area contributed by atoms with Crippen LogP contribution in [0.4, 0.5) is 0 Å². The number of hydrogen-bond acceptors (Lipinski definition) is 4. The quantitative estimate of drug-likeness (QED) is 0.0476. The van der Waals surface area contributed by atoms with Crippen molar-refractivity contribution < 1.29 is 17.9 Å². The molecule has 0 heterocycles. The Kier molecular flexibility index (Phi) is 12.3. The molecular formula is C46H45NO4SSi. The van der Waals surface area contributed by atoms with Gasteiger partial charge in [0.15, 0.2) is 8.07 Å². The molecule has 0 bridgehead atoms. The van der Waals surface area contributed by atoms with Crippen molar-refractivity contribution in [3.05, 3.63) is 205 Å². The fourth-order valence-electron chi connectivity index (χ4n) is 7.25. The molecule has 2 atom stereocenters. The maximum absolute atomic E-state index is 14.8. The van der Waals surface area contributed by atoms with Gasteiger partial charge in [0, 0.05) is 12.6 Å². The Balaban J connectivity index is 1.59. The van der Waals surface area contributed by atoms with Gasteiger partial charge in [-0.1, -0.05) is 182 Å². The summed E-state index contributed by atoms with van der Waals surface area (Å²) in [4.78, 5) is 13.7. The van der Waals surface area contributed by atoms with Gasteiger partial charge in [-0.05, 0) is 57.7 Å². The second-order valence-electron chi connectivity index (χ2n) is 13.3. The maximum Gasteiger partial charge on any atom is 0.305 e. The van der Waals surface area contributed by atoms with E-state index < -0.39 is 24.1 Å². The van der Waals surface area contributed by atoms with Crippen LogP contribution in [-0.4, -0.2) is 39.9 Å². The highest BCUT2D eigenvalue weighted by Crippen LogP contribution is 2.31. The number of methoxy groups -OCH3 is 1. The third-order valence-corrected chi connectivity index (χ3v) is 17.0. The monoisotopic (exact) mass is 735 g/mol. The topological polar surface area (TPSA) is 63.7 Å². The zero-order valence-corrected chi connectivity index (χ0v) is 32.0. The number of nitrogens with zero attached hydrogens (tertiary/aromatic N) is 1. The number of aryl methyl sites for hydroxylation is 1. The van der Waals surface area contributed by atoms with Crippen LogP contribution < -0.4 is 15.6 Å². The molecule has 0 aliphatic carbocycles. The van der Waals surface area contributed by atoms with Crippen LogP contribution in [0.3, 0.4) is 0 Å². The molecular weight excluding hydrogens is 691 g/mol. The van der Waals surface area contributed by atoms with E-state index in [2.05, 4.69) is 78.9 Å². The van der Waals surface area contributed by atoms with Gasteiger partial charge in [0.05, 0.1) is 18.4 Å². The number of esters is 1. The number of allylic oxidation sites excluding steroid dienone is 1. The lowest BCUT2D eigenvalue weighted by Crippen LogP contribution is -2.69. The molecule has 0 aliphatic rings. The molecule has 0 saturated heterocycles. The SMILES string of the molecule is COC(=O)C[C@H](/C=C/[C@H](Cc1ccccc1)N(Cc1ccccc1)S(=O)(=O)c1ccc(C)cc1)[Si](c1ccccc1)(c1ccccc1)c1ccccc1. The molecule has 0 amide bonds. The summed E-state index contributed by atoms with van der Waals surface area (Å²) in [7, 11) is -5.65. The molecule has 0 saturated carbocycles. The molecule has 0 N–H and O–H groups in total. The van der Waals surface area contributed by atoms with Gasteiger partial charge < -0.3 is 4.74 Å². The van der Waals surface area contributed by atoms with Gasteiger partial charge in [0.25, 0.3) is 0 Å². The molecule has 0 radical (unpaired) electrons. The van der Waals surface area contributed by atoms with Gasteiger partial charge in [-0.2, -0.15) is 4.31 Å². The third kappa shape index (κ3) is 8.66. The Morgan fingerprint density at radius 2 is 1.06 bits per heavy atom. The molecule has 5 nitrogen and oxygen atoms in total. The lowest BCUT2D eigenvalue weighted by atomic mass is 10.0. The second-order valence-corrected chi connectivity index (χ2v) is 19.3. The number of benzene rings is 6. The fraction of sp³-hybridized carbons (Fsp3) is 0.152. The highest BCUT2D eigenvalue weighted by Gasteiger charge is 2.46. The van der Waals surface area contributed by atoms with Crippen molar-refractivity contribution in [2.45, 2.75) is 42.8 Å². The summed E-state index contributed by atoms with van der Waals surface area (Å²) in [6.07, 6.45) is 4.69. The van der Waals surface area contributed by atoms with E-state index in [1.54, 1.807) is 16.4 Å². The standard InChI is InChI=1S/C46H45NO4SSi/c1-37-28-31-41(32-29-37)52(49,50)47(36-39-20-10-4-11-21-39)40(34-38-18-8-3-9-19-38)30-33-45(35-46(48)51-2)53(42-22-12-5-13-23-42,43-24-14-6-15-25-43)44-26-16-7-17-27-44/h3-33,40,45H,34-36H2,1-2H3/b33-30+/t40-,45+/m1/s1. The predicted octanol–water partition coefficient (Wildman–Crippen LogP) is 7.46. The lowest BCUT2D eigenvalue weighted by molar-refractivity contribution is -0.140. The highest BCUT2D eigenvalue weighted by molar-refractivity contribution is 7.89. The lowest BCUT2D eigenvalue weighted by Gasteiger charge is -2.39. The third-order valence-electron chi connectivity index (χ3n) is 9.89. The minimum Gasteiger partial charge on any atom is -0.469 e.